The van der Waals surface area contributed by atoms with Crippen molar-refractivity contribution in [1.82, 2.24) is 4.90 Å². The minimum atomic E-state index is -0.464. The van der Waals surface area contributed by atoms with Crippen LogP contribution in [0.1, 0.15) is 30.1 Å². The number of Topliss-reactive ketones (excluding diaryl/α,β-unsaturated/α-hetero) is 1. The molecule has 104 valence electrons. The van der Waals surface area contributed by atoms with Crippen molar-refractivity contribution in [3.8, 4) is 0 Å². The highest BCUT2D eigenvalue weighted by Crippen LogP contribution is 2.13. The van der Waals surface area contributed by atoms with Gasteiger partial charge in [-0.15, -0.1) is 0 Å². The van der Waals surface area contributed by atoms with Crippen LogP contribution in [-0.2, 0) is 14.4 Å². The highest BCUT2D eigenvalue weighted by atomic mass is 16.2. The third kappa shape index (κ3) is 3.09. The smallest absolute Gasteiger partial charge is 0.244 e. The van der Waals surface area contributed by atoms with Crippen LogP contribution in [0.5, 0.6) is 0 Å². The highest BCUT2D eigenvalue weighted by Gasteiger charge is 2.30. The standard InChI is InChI=1S/C14H14N2O4/c1-9(17)10-3-2-4-11(7-10)15-12(18)8-16-13(19)5-6-14(16)20/h2-4,7H,5-6,8H2,1H3,(H,15,18). The predicted molar refractivity (Wildman–Crippen MR) is 71.0 cm³/mol. The fraction of sp³-hybridized carbons (Fsp3) is 0.286. The summed E-state index contributed by atoms with van der Waals surface area (Å²) in [5.41, 5.74) is 0.943. The first-order valence-electron chi connectivity index (χ1n) is 6.21. The van der Waals surface area contributed by atoms with Gasteiger partial charge in [-0.3, -0.25) is 24.1 Å². The number of hydrogen-bond acceptors (Lipinski definition) is 4. The van der Waals surface area contributed by atoms with Crippen LogP contribution in [0.4, 0.5) is 5.69 Å². The molecule has 6 nitrogen and oxygen atoms in total. The van der Waals surface area contributed by atoms with Crippen molar-refractivity contribution >= 4 is 29.2 Å². The van der Waals surface area contributed by atoms with Crippen LogP contribution < -0.4 is 5.32 Å². The molecule has 2 rings (SSSR count). The summed E-state index contributed by atoms with van der Waals surface area (Å²) in [4.78, 5) is 46.8. The number of nitrogens with zero attached hydrogens (tertiary/aromatic N) is 1. The molecule has 0 spiro atoms. The molecule has 1 fully saturated rings. The zero-order valence-corrected chi connectivity index (χ0v) is 11.0. The number of imide groups is 1. The van der Waals surface area contributed by atoms with Crippen LogP contribution in [0.15, 0.2) is 24.3 Å². The summed E-state index contributed by atoms with van der Waals surface area (Å²) in [5.74, 6) is -1.23. The predicted octanol–water partition coefficient (Wildman–Crippen LogP) is 0.977. The maximum absolute atomic E-state index is 11.8. The minimum Gasteiger partial charge on any atom is -0.325 e. The lowest BCUT2D eigenvalue weighted by molar-refractivity contribution is -0.141. The van der Waals surface area contributed by atoms with Crippen LogP contribution in [-0.4, -0.2) is 34.9 Å². The summed E-state index contributed by atoms with van der Waals surface area (Å²) in [6.07, 6.45) is 0.317. The first kappa shape index (κ1) is 13.9. The Labute approximate surface area is 115 Å². The number of likely N-dealkylation sites (tertiary alicyclic amines) is 1. The molecule has 1 heterocycles. The Kier molecular flexibility index (Phi) is 3.93. The van der Waals surface area contributed by atoms with Crippen LogP contribution in [0, 0.1) is 0 Å². The third-order valence-electron chi connectivity index (χ3n) is 3.01. The summed E-state index contributed by atoms with van der Waals surface area (Å²) >= 11 is 0. The van der Waals surface area contributed by atoms with Gasteiger partial charge in [0.05, 0.1) is 0 Å². The summed E-state index contributed by atoms with van der Waals surface area (Å²) < 4.78 is 0. The van der Waals surface area contributed by atoms with Crippen LogP contribution >= 0.6 is 0 Å². The fourth-order valence-electron chi connectivity index (χ4n) is 1.96. The van der Waals surface area contributed by atoms with E-state index in [1.54, 1.807) is 24.3 Å². The number of amides is 3. The van der Waals surface area contributed by atoms with Gasteiger partial charge in [-0.05, 0) is 19.1 Å². The molecule has 3 amide bonds. The van der Waals surface area contributed by atoms with Gasteiger partial charge >= 0.3 is 0 Å². The lowest BCUT2D eigenvalue weighted by Crippen LogP contribution is -2.36. The molecule has 0 aromatic heterocycles. The Hall–Kier alpha value is -2.50. The largest absolute Gasteiger partial charge is 0.325 e. The van der Waals surface area contributed by atoms with Gasteiger partial charge in [0.15, 0.2) is 5.78 Å². The van der Waals surface area contributed by atoms with E-state index in [0.717, 1.165) is 4.90 Å². The maximum atomic E-state index is 11.8. The molecule has 1 aromatic carbocycles. The van der Waals surface area contributed by atoms with E-state index < -0.39 is 5.91 Å². The molecule has 0 aliphatic carbocycles. The minimum absolute atomic E-state index is 0.106. The molecule has 1 aliphatic heterocycles. The van der Waals surface area contributed by atoms with Crippen molar-refractivity contribution in [3.63, 3.8) is 0 Å². The number of rotatable bonds is 4. The number of benzene rings is 1. The van der Waals surface area contributed by atoms with Gasteiger partial charge in [-0.25, -0.2) is 0 Å². The van der Waals surface area contributed by atoms with Gasteiger partial charge < -0.3 is 5.32 Å². The zero-order valence-electron chi connectivity index (χ0n) is 11.0. The monoisotopic (exact) mass is 274 g/mol. The molecule has 1 aliphatic rings. The Morgan fingerprint density at radius 1 is 1.20 bits per heavy atom. The van der Waals surface area contributed by atoms with Crippen molar-refractivity contribution in [2.75, 3.05) is 11.9 Å². The molecule has 0 bridgehead atoms. The number of nitrogens with one attached hydrogen (secondary N) is 1. The van der Waals surface area contributed by atoms with E-state index in [2.05, 4.69) is 5.32 Å². The number of hydrogen-bond donors (Lipinski definition) is 1. The molecule has 6 heteroatoms. The first-order valence-corrected chi connectivity index (χ1v) is 6.21. The highest BCUT2D eigenvalue weighted by molar-refractivity contribution is 6.06. The third-order valence-corrected chi connectivity index (χ3v) is 3.01. The van der Waals surface area contributed by atoms with E-state index in [9.17, 15) is 19.2 Å². The number of anilines is 1. The number of carbonyl (C=O) groups excluding carboxylic acids is 4. The van der Waals surface area contributed by atoms with Gasteiger partial charge in [-0.1, -0.05) is 12.1 Å². The molecule has 0 radical (unpaired) electrons. The molecule has 20 heavy (non-hydrogen) atoms. The van der Waals surface area contributed by atoms with Crippen LogP contribution in [0.2, 0.25) is 0 Å². The van der Waals surface area contributed by atoms with E-state index in [1.165, 1.54) is 6.92 Å². The second kappa shape index (κ2) is 5.64. The van der Waals surface area contributed by atoms with Gasteiger partial charge in [-0.2, -0.15) is 0 Å². The SMILES string of the molecule is CC(=O)c1cccc(NC(=O)CN2C(=O)CCC2=O)c1. The van der Waals surface area contributed by atoms with E-state index in [4.69, 9.17) is 0 Å². The van der Waals surface area contributed by atoms with Crippen molar-refractivity contribution < 1.29 is 19.2 Å². The molecule has 1 N–H and O–H groups in total. The van der Waals surface area contributed by atoms with Crippen molar-refractivity contribution in [2.24, 2.45) is 0 Å². The second-order valence-electron chi connectivity index (χ2n) is 4.56. The Bertz CT molecular complexity index is 579. The topological polar surface area (TPSA) is 83.6 Å². The average Bonchev–Trinajstić information content (AvgIpc) is 2.71. The maximum Gasteiger partial charge on any atom is 0.244 e. The van der Waals surface area contributed by atoms with Crippen molar-refractivity contribution in [2.45, 2.75) is 19.8 Å². The molecule has 1 saturated heterocycles. The molecule has 1 aromatic rings. The first-order chi connectivity index (χ1) is 9.47. The molecular formula is C14H14N2O4. The number of ketones is 1. The summed E-state index contributed by atoms with van der Waals surface area (Å²) in [6, 6.07) is 6.48. The molecule has 0 unspecified atom stereocenters. The van der Waals surface area contributed by atoms with Crippen LogP contribution in [0.3, 0.4) is 0 Å². The Morgan fingerprint density at radius 2 is 1.85 bits per heavy atom. The number of carbonyl (C=O) groups is 4. The van der Waals surface area contributed by atoms with Crippen molar-refractivity contribution in [3.05, 3.63) is 29.8 Å². The average molecular weight is 274 g/mol. The second-order valence-corrected chi connectivity index (χ2v) is 4.56. The van der Waals surface area contributed by atoms with Gasteiger partial charge in [0.2, 0.25) is 17.7 Å². The fourth-order valence-corrected chi connectivity index (χ4v) is 1.96. The normalized spacial score (nSPS) is 14.6. The summed E-state index contributed by atoms with van der Waals surface area (Å²) in [7, 11) is 0. The molecule has 0 atom stereocenters. The van der Waals surface area contributed by atoms with Gasteiger partial charge in [0, 0.05) is 24.1 Å². The van der Waals surface area contributed by atoms with Crippen molar-refractivity contribution in [1.29, 1.82) is 0 Å². The molecular weight excluding hydrogens is 260 g/mol. The lowest BCUT2D eigenvalue weighted by Gasteiger charge is -2.13. The summed E-state index contributed by atoms with van der Waals surface area (Å²) in [6.45, 7) is 1.14. The van der Waals surface area contributed by atoms with Crippen LogP contribution in [0.25, 0.3) is 0 Å². The Balaban J connectivity index is 2.01. The lowest BCUT2D eigenvalue weighted by atomic mass is 10.1. The van der Waals surface area contributed by atoms with Gasteiger partial charge in [0.1, 0.15) is 6.54 Å². The zero-order chi connectivity index (χ0) is 14.7. The van der Waals surface area contributed by atoms with E-state index >= 15 is 0 Å². The van der Waals surface area contributed by atoms with Gasteiger partial charge in [0.25, 0.3) is 0 Å². The quantitative estimate of drug-likeness (QED) is 0.655. The Morgan fingerprint density at radius 3 is 2.45 bits per heavy atom. The molecule has 0 saturated carbocycles. The van der Waals surface area contributed by atoms with E-state index in [0.29, 0.717) is 11.3 Å². The van der Waals surface area contributed by atoms with E-state index in [-0.39, 0.29) is 37.0 Å². The van der Waals surface area contributed by atoms with E-state index in [1.807, 2.05) is 0 Å². The summed E-state index contributed by atoms with van der Waals surface area (Å²) in [5, 5.41) is 2.57.